The summed E-state index contributed by atoms with van der Waals surface area (Å²) in [7, 11) is 0. The second kappa shape index (κ2) is 5.39. The minimum Gasteiger partial charge on any atom is -0.370 e. The van der Waals surface area contributed by atoms with Gasteiger partial charge in [0.15, 0.2) is 0 Å². The lowest BCUT2D eigenvalue weighted by molar-refractivity contribution is -0.384. The minimum absolute atomic E-state index is 0.0266. The Morgan fingerprint density at radius 3 is 2.94 bits per heavy atom. The third-order valence-electron chi connectivity index (χ3n) is 1.83. The van der Waals surface area contributed by atoms with Crippen molar-refractivity contribution in [2.45, 2.75) is 19.4 Å². The molecule has 1 aromatic heterocycles. The van der Waals surface area contributed by atoms with Crippen LogP contribution < -0.4 is 11.1 Å². The highest BCUT2D eigenvalue weighted by Gasteiger charge is 2.19. The summed E-state index contributed by atoms with van der Waals surface area (Å²) in [6.45, 7) is 1.64. The van der Waals surface area contributed by atoms with E-state index in [0.717, 1.165) is 6.20 Å². The molecule has 1 amide bonds. The second-order valence-corrected chi connectivity index (χ2v) is 3.68. The zero-order chi connectivity index (χ0) is 13.0. The van der Waals surface area contributed by atoms with Gasteiger partial charge >= 0.3 is 5.69 Å². The number of carbonyl (C=O) groups is 1. The Hall–Kier alpha value is -1.96. The molecular weight excluding hydrogens is 250 g/mol. The van der Waals surface area contributed by atoms with Crippen molar-refractivity contribution >= 4 is 29.0 Å². The van der Waals surface area contributed by atoms with Crippen LogP contribution in [-0.2, 0) is 4.79 Å². The zero-order valence-electron chi connectivity index (χ0n) is 8.88. The largest absolute Gasteiger partial charge is 0.370 e. The first-order valence-corrected chi connectivity index (χ1v) is 4.99. The highest BCUT2D eigenvalue weighted by molar-refractivity contribution is 6.28. The van der Waals surface area contributed by atoms with E-state index < -0.39 is 16.9 Å². The number of hydrogen-bond donors (Lipinski definition) is 2. The summed E-state index contributed by atoms with van der Waals surface area (Å²) in [4.78, 5) is 27.9. The van der Waals surface area contributed by atoms with Crippen LogP contribution in [0.2, 0.25) is 5.28 Å². The van der Waals surface area contributed by atoms with Gasteiger partial charge in [0.05, 0.1) is 4.92 Å². The molecule has 9 heteroatoms. The van der Waals surface area contributed by atoms with Crippen LogP contribution in [-0.4, -0.2) is 26.8 Å². The van der Waals surface area contributed by atoms with Crippen molar-refractivity contribution in [3.8, 4) is 0 Å². The predicted octanol–water partition coefficient (Wildman–Crippen LogP) is 0.714. The fourth-order valence-electron chi connectivity index (χ4n) is 1.18. The molecule has 1 atom stereocenters. The van der Waals surface area contributed by atoms with E-state index >= 15 is 0 Å². The number of carbonyl (C=O) groups excluding carboxylic acids is 1. The summed E-state index contributed by atoms with van der Waals surface area (Å²) in [6.07, 6.45) is 1.02. The molecule has 0 fully saturated rings. The molecular formula is C8H10ClN5O3. The van der Waals surface area contributed by atoms with Gasteiger partial charge in [0.1, 0.15) is 6.20 Å². The zero-order valence-corrected chi connectivity index (χ0v) is 9.64. The fourth-order valence-corrected chi connectivity index (χ4v) is 1.31. The fraction of sp³-hybridized carbons (Fsp3) is 0.375. The summed E-state index contributed by atoms with van der Waals surface area (Å²) < 4.78 is 0. The van der Waals surface area contributed by atoms with Gasteiger partial charge in [-0.3, -0.25) is 14.9 Å². The van der Waals surface area contributed by atoms with E-state index in [1.54, 1.807) is 6.92 Å². The number of aromatic nitrogens is 2. The third kappa shape index (κ3) is 3.83. The number of nitrogens with two attached hydrogens (primary N) is 1. The SMILES string of the molecule is C[C@H](CC(N)=O)Nc1nc(Cl)ncc1[N+](=O)[O-]. The monoisotopic (exact) mass is 259 g/mol. The average molecular weight is 260 g/mol. The van der Waals surface area contributed by atoms with Crippen molar-refractivity contribution in [1.82, 2.24) is 9.97 Å². The number of amides is 1. The molecule has 0 aliphatic carbocycles. The van der Waals surface area contributed by atoms with Gasteiger partial charge in [-0.1, -0.05) is 0 Å². The first-order chi connectivity index (χ1) is 7.90. The van der Waals surface area contributed by atoms with Gasteiger partial charge in [0.25, 0.3) is 0 Å². The Labute approximate surface area is 101 Å². The van der Waals surface area contributed by atoms with Crippen molar-refractivity contribution in [2.24, 2.45) is 5.73 Å². The van der Waals surface area contributed by atoms with E-state index in [1.165, 1.54) is 0 Å². The number of anilines is 1. The molecule has 0 saturated carbocycles. The number of halogens is 1. The summed E-state index contributed by atoms with van der Waals surface area (Å²) in [5.74, 6) is -0.559. The highest BCUT2D eigenvalue weighted by Crippen LogP contribution is 2.22. The highest BCUT2D eigenvalue weighted by atomic mass is 35.5. The van der Waals surface area contributed by atoms with Gasteiger partial charge < -0.3 is 11.1 Å². The van der Waals surface area contributed by atoms with Crippen molar-refractivity contribution in [3.05, 3.63) is 21.6 Å². The Kier molecular flexibility index (Phi) is 4.16. The maximum Gasteiger partial charge on any atom is 0.329 e. The molecule has 3 N–H and O–H groups in total. The topological polar surface area (TPSA) is 124 Å². The molecule has 1 aromatic rings. The van der Waals surface area contributed by atoms with Crippen LogP contribution in [0.4, 0.5) is 11.5 Å². The summed E-state index contributed by atoms with van der Waals surface area (Å²) >= 11 is 5.53. The Bertz CT molecular complexity index is 453. The number of nitrogens with one attached hydrogen (secondary N) is 1. The van der Waals surface area contributed by atoms with E-state index in [2.05, 4.69) is 15.3 Å². The molecule has 8 nitrogen and oxygen atoms in total. The van der Waals surface area contributed by atoms with Gasteiger partial charge in [0.2, 0.25) is 17.0 Å². The standard InChI is InChI=1S/C8H10ClN5O3/c1-4(2-6(10)15)12-7-5(14(16)17)3-11-8(9)13-7/h3-4H,2H2,1H3,(H2,10,15)(H,11,12,13)/t4-/m1/s1. The summed E-state index contributed by atoms with van der Waals surface area (Å²) in [5.41, 5.74) is 4.69. The first-order valence-electron chi connectivity index (χ1n) is 4.62. The molecule has 0 unspecified atom stereocenters. The molecule has 0 aliphatic heterocycles. The van der Waals surface area contributed by atoms with E-state index in [4.69, 9.17) is 17.3 Å². The van der Waals surface area contributed by atoms with Crippen molar-refractivity contribution in [1.29, 1.82) is 0 Å². The van der Waals surface area contributed by atoms with Crippen molar-refractivity contribution in [3.63, 3.8) is 0 Å². The van der Waals surface area contributed by atoms with Crippen LogP contribution in [0, 0.1) is 10.1 Å². The van der Waals surface area contributed by atoms with Gasteiger partial charge in [-0.2, -0.15) is 4.98 Å². The maximum atomic E-state index is 10.7. The first kappa shape index (κ1) is 13.1. The molecule has 92 valence electrons. The molecule has 1 heterocycles. The molecule has 0 radical (unpaired) electrons. The van der Waals surface area contributed by atoms with Crippen LogP contribution >= 0.6 is 11.6 Å². The number of primary amides is 1. The average Bonchev–Trinajstić information content (AvgIpc) is 2.15. The number of nitro groups is 1. The van der Waals surface area contributed by atoms with Crippen molar-refractivity contribution in [2.75, 3.05) is 5.32 Å². The Morgan fingerprint density at radius 2 is 2.41 bits per heavy atom. The smallest absolute Gasteiger partial charge is 0.329 e. The summed E-state index contributed by atoms with van der Waals surface area (Å²) in [5, 5.41) is 13.3. The van der Waals surface area contributed by atoms with Crippen LogP contribution in [0.5, 0.6) is 0 Å². The van der Waals surface area contributed by atoms with Crippen LogP contribution in [0.3, 0.4) is 0 Å². The maximum absolute atomic E-state index is 10.7. The van der Waals surface area contributed by atoms with Gasteiger partial charge in [0, 0.05) is 12.5 Å². The molecule has 17 heavy (non-hydrogen) atoms. The molecule has 0 aliphatic rings. The lowest BCUT2D eigenvalue weighted by Gasteiger charge is -2.12. The van der Waals surface area contributed by atoms with E-state index in [9.17, 15) is 14.9 Å². The number of nitrogens with zero attached hydrogens (tertiary/aromatic N) is 3. The van der Waals surface area contributed by atoms with E-state index in [1.807, 2.05) is 0 Å². The predicted molar refractivity (Wildman–Crippen MR) is 60.6 cm³/mol. The van der Waals surface area contributed by atoms with Crippen molar-refractivity contribution < 1.29 is 9.72 Å². The normalized spacial score (nSPS) is 11.9. The minimum atomic E-state index is -0.643. The molecule has 0 aromatic carbocycles. The Balaban J connectivity index is 2.92. The van der Waals surface area contributed by atoms with Crippen LogP contribution in [0.25, 0.3) is 0 Å². The molecule has 0 saturated heterocycles. The van der Waals surface area contributed by atoms with E-state index in [-0.39, 0.29) is 23.2 Å². The lowest BCUT2D eigenvalue weighted by atomic mass is 10.2. The van der Waals surface area contributed by atoms with Crippen LogP contribution in [0.15, 0.2) is 6.20 Å². The lowest BCUT2D eigenvalue weighted by Crippen LogP contribution is -2.24. The number of hydrogen-bond acceptors (Lipinski definition) is 6. The van der Waals surface area contributed by atoms with Crippen LogP contribution in [0.1, 0.15) is 13.3 Å². The molecule has 0 spiro atoms. The quantitative estimate of drug-likeness (QED) is 0.456. The molecule has 0 bridgehead atoms. The van der Waals surface area contributed by atoms with Gasteiger partial charge in [-0.15, -0.1) is 0 Å². The third-order valence-corrected chi connectivity index (χ3v) is 2.01. The van der Waals surface area contributed by atoms with Gasteiger partial charge in [-0.05, 0) is 18.5 Å². The second-order valence-electron chi connectivity index (χ2n) is 3.35. The van der Waals surface area contributed by atoms with Gasteiger partial charge in [-0.25, -0.2) is 4.98 Å². The number of rotatable bonds is 5. The Morgan fingerprint density at radius 1 is 1.76 bits per heavy atom. The summed E-state index contributed by atoms with van der Waals surface area (Å²) in [6, 6.07) is -0.392. The molecule has 1 rings (SSSR count). The van der Waals surface area contributed by atoms with E-state index in [0.29, 0.717) is 0 Å².